The molecule has 0 aliphatic carbocycles. The Morgan fingerprint density at radius 1 is 1.26 bits per heavy atom. The third kappa shape index (κ3) is 2.14. The van der Waals surface area contributed by atoms with Gasteiger partial charge in [0.25, 0.3) is 0 Å². The third-order valence-corrected chi connectivity index (χ3v) is 4.26. The van der Waals surface area contributed by atoms with Gasteiger partial charge in [0.2, 0.25) is 11.3 Å². The molecule has 23 heavy (non-hydrogen) atoms. The molecular formula is C17H17NO5. The molecule has 6 nitrogen and oxygen atoms in total. The van der Waals surface area contributed by atoms with Gasteiger partial charge in [-0.1, -0.05) is 24.3 Å². The van der Waals surface area contributed by atoms with Crippen LogP contribution < -0.4 is 10.2 Å². The highest BCUT2D eigenvalue weighted by Gasteiger charge is 2.34. The minimum Gasteiger partial charge on any atom is -0.481 e. The van der Waals surface area contributed by atoms with E-state index < -0.39 is 11.4 Å². The minimum absolute atomic E-state index is 0.0454. The standard InChI is InChI=1S/C17H17NO5/c1-9-15(22-2)11-7-5-4-6-10(11)12-8-13(19)14(17(20)21)16(23-3)18(9)12/h4-9,15H,1-3H3,(H,20,21). The summed E-state index contributed by atoms with van der Waals surface area (Å²) in [5, 5.41) is 9.36. The van der Waals surface area contributed by atoms with Crippen molar-refractivity contribution < 1.29 is 19.4 Å². The summed E-state index contributed by atoms with van der Waals surface area (Å²) in [6, 6.07) is 8.75. The normalized spacial score (nSPS) is 18.9. The number of fused-ring (bicyclic) bond motifs is 3. The van der Waals surface area contributed by atoms with Gasteiger partial charge in [0, 0.05) is 18.7 Å². The van der Waals surface area contributed by atoms with Crippen LogP contribution in [-0.2, 0) is 4.74 Å². The van der Waals surface area contributed by atoms with Crippen molar-refractivity contribution in [2.45, 2.75) is 19.1 Å². The van der Waals surface area contributed by atoms with Crippen LogP contribution in [-0.4, -0.2) is 29.9 Å². The number of nitrogens with zero attached hydrogens (tertiary/aromatic N) is 1. The number of aromatic nitrogens is 1. The zero-order valence-electron chi connectivity index (χ0n) is 13.1. The predicted molar refractivity (Wildman–Crippen MR) is 84.1 cm³/mol. The number of hydrogen-bond donors (Lipinski definition) is 1. The predicted octanol–water partition coefficient (Wildman–Crippen LogP) is 2.48. The van der Waals surface area contributed by atoms with Crippen molar-refractivity contribution in [1.82, 2.24) is 4.57 Å². The largest absolute Gasteiger partial charge is 0.481 e. The highest BCUT2D eigenvalue weighted by atomic mass is 16.5. The van der Waals surface area contributed by atoms with Gasteiger partial charge in [-0.2, -0.15) is 0 Å². The Hall–Kier alpha value is -2.60. The summed E-state index contributed by atoms with van der Waals surface area (Å²) in [5.74, 6) is -1.26. The first kappa shape index (κ1) is 15.3. The lowest BCUT2D eigenvalue weighted by Crippen LogP contribution is -2.29. The Morgan fingerprint density at radius 3 is 2.57 bits per heavy atom. The molecule has 0 fully saturated rings. The summed E-state index contributed by atoms with van der Waals surface area (Å²) in [5.41, 5.74) is 1.50. The summed E-state index contributed by atoms with van der Waals surface area (Å²) in [4.78, 5) is 23.7. The summed E-state index contributed by atoms with van der Waals surface area (Å²) in [6.07, 6.45) is -0.267. The van der Waals surface area contributed by atoms with E-state index in [2.05, 4.69) is 0 Å². The molecule has 2 atom stereocenters. The monoisotopic (exact) mass is 315 g/mol. The lowest BCUT2D eigenvalue weighted by atomic mass is 9.90. The summed E-state index contributed by atoms with van der Waals surface area (Å²) in [7, 11) is 2.97. The lowest BCUT2D eigenvalue weighted by Gasteiger charge is -2.35. The Kier molecular flexibility index (Phi) is 3.69. The van der Waals surface area contributed by atoms with Crippen molar-refractivity contribution in [2.24, 2.45) is 0 Å². The van der Waals surface area contributed by atoms with E-state index in [0.717, 1.165) is 11.1 Å². The third-order valence-electron chi connectivity index (χ3n) is 4.26. The second-order valence-corrected chi connectivity index (χ2v) is 5.44. The second-order valence-electron chi connectivity index (χ2n) is 5.44. The van der Waals surface area contributed by atoms with Gasteiger partial charge < -0.3 is 19.1 Å². The molecule has 2 aromatic rings. The molecule has 2 unspecified atom stereocenters. The Morgan fingerprint density at radius 2 is 1.96 bits per heavy atom. The molecule has 1 aliphatic rings. The van der Waals surface area contributed by atoms with Gasteiger partial charge in [-0.3, -0.25) is 4.79 Å². The van der Waals surface area contributed by atoms with E-state index in [4.69, 9.17) is 9.47 Å². The summed E-state index contributed by atoms with van der Waals surface area (Å²) in [6.45, 7) is 1.91. The van der Waals surface area contributed by atoms with Gasteiger partial charge in [0.15, 0.2) is 5.56 Å². The van der Waals surface area contributed by atoms with E-state index in [1.165, 1.54) is 13.2 Å². The van der Waals surface area contributed by atoms with Gasteiger partial charge in [0.1, 0.15) is 6.10 Å². The first-order chi connectivity index (χ1) is 11.0. The van der Waals surface area contributed by atoms with E-state index in [9.17, 15) is 14.7 Å². The molecule has 120 valence electrons. The quantitative estimate of drug-likeness (QED) is 0.941. The fourth-order valence-electron chi connectivity index (χ4n) is 3.31. The van der Waals surface area contributed by atoms with Crippen LogP contribution in [0.1, 0.15) is 35.0 Å². The van der Waals surface area contributed by atoms with E-state index in [-0.39, 0.29) is 23.6 Å². The van der Waals surface area contributed by atoms with Crippen molar-refractivity contribution in [1.29, 1.82) is 0 Å². The highest BCUT2D eigenvalue weighted by molar-refractivity contribution is 5.91. The van der Waals surface area contributed by atoms with E-state index >= 15 is 0 Å². The number of carbonyl (C=O) groups is 1. The second kappa shape index (κ2) is 5.55. The maximum Gasteiger partial charge on any atom is 0.345 e. The molecule has 0 saturated carbocycles. The molecule has 0 radical (unpaired) electrons. The van der Waals surface area contributed by atoms with Gasteiger partial charge in [-0.15, -0.1) is 0 Å². The number of methoxy groups -OCH3 is 2. The number of rotatable bonds is 3. The topological polar surface area (TPSA) is 77.8 Å². The number of aromatic carboxylic acids is 1. The smallest absolute Gasteiger partial charge is 0.345 e. The van der Waals surface area contributed by atoms with Crippen LogP contribution in [0.2, 0.25) is 0 Å². The van der Waals surface area contributed by atoms with E-state index in [1.807, 2.05) is 31.2 Å². The van der Waals surface area contributed by atoms with Crippen LogP contribution in [0.4, 0.5) is 0 Å². The van der Waals surface area contributed by atoms with Gasteiger partial charge in [0.05, 0.1) is 18.8 Å². The molecule has 0 bridgehead atoms. The number of pyridine rings is 1. The first-order valence-corrected chi connectivity index (χ1v) is 7.20. The SMILES string of the molecule is COc1c(C(=O)O)c(=O)cc2n1C(C)C(OC)c1ccccc1-2. The fourth-order valence-corrected chi connectivity index (χ4v) is 3.31. The van der Waals surface area contributed by atoms with Crippen molar-refractivity contribution in [3.05, 3.63) is 51.7 Å². The average Bonchev–Trinajstić information content (AvgIpc) is 2.53. The van der Waals surface area contributed by atoms with Crippen LogP contribution in [0.3, 0.4) is 0 Å². The maximum absolute atomic E-state index is 12.3. The van der Waals surface area contributed by atoms with Crippen LogP contribution in [0.25, 0.3) is 11.3 Å². The molecule has 1 N–H and O–H groups in total. The number of benzene rings is 1. The van der Waals surface area contributed by atoms with Gasteiger partial charge >= 0.3 is 5.97 Å². The number of carboxylic acids is 1. The van der Waals surface area contributed by atoms with Crippen LogP contribution in [0.5, 0.6) is 5.88 Å². The lowest BCUT2D eigenvalue weighted by molar-refractivity contribution is 0.0557. The zero-order chi connectivity index (χ0) is 16.7. The molecule has 6 heteroatoms. The Bertz CT molecular complexity index is 839. The molecule has 1 aliphatic heterocycles. The molecule has 3 rings (SSSR count). The summed E-state index contributed by atoms with van der Waals surface area (Å²) >= 11 is 0. The number of carboxylic acid groups (broad SMARTS) is 1. The first-order valence-electron chi connectivity index (χ1n) is 7.20. The van der Waals surface area contributed by atoms with Crippen LogP contribution in [0.15, 0.2) is 35.1 Å². The number of hydrogen-bond acceptors (Lipinski definition) is 4. The highest BCUT2D eigenvalue weighted by Crippen LogP contribution is 2.44. The van der Waals surface area contributed by atoms with Gasteiger partial charge in [-0.25, -0.2) is 4.79 Å². The maximum atomic E-state index is 12.3. The molecule has 0 spiro atoms. The summed E-state index contributed by atoms with van der Waals surface area (Å²) < 4.78 is 12.6. The van der Waals surface area contributed by atoms with E-state index in [1.54, 1.807) is 11.7 Å². The van der Waals surface area contributed by atoms with Crippen molar-refractivity contribution in [2.75, 3.05) is 14.2 Å². The molecular weight excluding hydrogens is 298 g/mol. The van der Waals surface area contributed by atoms with Crippen molar-refractivity contribution in [3.8, 4) is 17.1 Å². The Balaban J connectivity index is 2.43. The molecule has 1 aromatic heterocycles. The Labute approximate surface area is 132 Å². The van der Waals surface area contributed by atoms with Crippen molar-refractivity contribution >= 4 is 5.97 Å². The molecule has 1 aromatic carbocycles. The fraction of sp³-hybridized carbons (Fsp3) is 0.294. The van der Waals surface area contributed by atoms with Crippen LogP contribution in [0, 0.1) is 0 Å². The average molecular weight is 315 g/mol. The van der Waals surface area contributed by atoms with Gasteiger partial charge in [-0.05, 0) is 12.5 Å². The van der Waals surface area contributed by atoms with Crippen LogP contribution >= 0.6 is 0 Å². The molecule has 0 amide bonds. The van der Waals surface area contributed by atoms with Crippen molar-refractivity contribution in [3.63, 3.8) is 0 Å². The molecule has 0 saturated heterocycles. The minimum atomic E-state index is -1.30. The zero-order valence-corrected chi connectivity index (χ0v) is 13.1. The molecule has 2 heterocycles. The van der Waals surface area contributed by atoms with E-state index in [0.29, 0.717) is 5.69 Å². The number of ether oxygens (including phenoxy) is 2.